The number of nitrogens with zero attached hydrogens (tertiary/aromatic N) is 4. The molecule has 27 heavy (non-hydrogen) atoms. The molecule has 1 aliphatic heterocycles. The summed E-state index contributed by atoms with van der Waals surface area (Å²) < 4.78 is 29.0. The Morgan fingerprint density at radius 3 is 2.67 bits per heavy atom. The van der Waals surface area contributed by atoms with Crippen LogP contribution in [0.15, 0.2) is 12.1 Å². The minimum atomic E-state index is -3.38. The summed E-state index contributed by atoms with van der Waals surface area (Å²) in [6, 6.07) is 3.71. The Bertz CT molecular complexity index is 925. The summed E-state index contributed by atoms with van der Waals surface area (Å²) in [5.74, 6) is 1.55. The number of anilines is 3. The third kappa shape index (κ3) is 4.06. The van der Waals surface area contributed by atoms with Crippen molar-refractivity contribution in [3.8, 4) is 0 Å². The number of ether oxygens (including phenoxy) is 1. The van der Waals surface area contributed by atoms with Gasteiger partial charge in [0.15, 0.2) is 15.7 Å². The molecule has 0 unspecified atom stereocenters. The predicted molar refractivity (Wildman–Crippen MR) is 104 cm³/mol. The molecule has 1 aliphatic rings. The minimum absolute atomic E-state index is 0.128. The van der Waals surface area contributed by atoms with Gasteiger partial charge in [0.05, 0.1) is 24.9 Å². The highest BCUT2D eigenvalue weighted by Crippen LogP contribution is 2.31. The lowest BCUT2D eigenvalue weighted by Crippen LogP contribution is -2.44. The molecule has 2 aromatic heterocycles. The van der Waals surface area contributed by atoms with Crippen molar-refractivity contribution < 1.29 is 13.2 Å². The van der Waals surface area contributed by atoms with Crippen molar-refractivity contribution in [1.82, 2.24) is 20.2 Å². The minimum Gasteiger partial charge on any atom is -0.377 e. The van der Waals surface area contributed by atoms with Gasteiger partial charge in [0.1, 0.15) is 10.6 Å². The topological polar surface area (TPSA) is 113 Å². The van der Waals surface area contributed by atoms with Gasteiger partial charge in [0, 0.05) is 30.6 Å². The fourth-order valence-electron chi connectivity index (χ4n) is 2.80. The van der Waals surface area contributed by atoms with Crippen LogP contribution in [0.3, 0.4) is 0 Å². The summed E-state index contributed by atoms with van der Waals surface area (Å²) in [5, 5.41) is 10.1. The molecule has 3 rings (SSSR count). The van der Waals surface area contributed by atoms with Crippen LogP contribution in [0.2, 0.25) is 0 Å². The zero-order valence-corrected chi connectivity index (χ0v) is 17.1. The van der Waals surface area contributed by atoms with Crippen LogP contribution in [0.4, 0.5) is 17.6 Å². The van der Waals surface area contributed by atoms with Gasteiger partial charge in [-0.05, 0) is 27.7 Å². The first-order valence-corrected chi connectivity index (χ1v) is 10.7. The number of rotatable bonds is 5. The molecule has 2 N–H and O–H groups in total. The number of nitrogens with one attached hydrogen (secondary N) is 2. The highest BCUT2D eigenvalue weighted by atomic mass is 32.2. The van der Waals surface area contributed by atoms with E-state index in [4.69, 9.17) is 4.74 Å². The molecule has 1 saturated heterocycles. The Labute approximate surface area is 159 Å². The number of H-pyrrole nitrogens is 1. The molecule has 9 nitrogen and oxygen atoms in total. The largest absolute Gasteiger partial charge is 0.377 e. The second kappa shape index (κ2) is 7.08. The normalized spacial score (nSPS) is 18.6. The van der Waals surface area contributed by atoms with Crippen molar-refractivity contribution in [3.05, 3.63) is 23.5 Å². The zero-order valence-electron chi connectivity index (χ0n) is 16.3. The third-order valence-corrected chi connectivity index (χ3v) is 6.93. The second-order valence-corrected chi connectivity index (χ2v) is 9.96. The number of hydrogen-bond donors (Lipinski definition) is 2. The SMILES string of the molecule is Cc1cc(Nc2nc(N3CCOC[C@H]3C)cc(C(C)(C)S(C)(=O)=O)n2)n[nH]1. The summed E-state index contributed by atoms with van der Waals surface area (Å²) in [6.07, 6.45) is 1.22. The number of hydrogen-bond acceptors (Lipinski definition) is 8. The van der Waals surface area contributed by atoms with Crippen LogP contribution in [0.5, 0.6) is 0 Å². The van der Waals surface area contributed by atoms with E-state index in [1.54, 1.807) is 19.9 Å². The summed E-state index contributed by atoms with van der Waals surface area (Å²) in [7, 11) is -3.38. The molecular weight excluding hydrogens is 368 g/mol. The van der Waals surface area contributed by atoms with E-state index < -0.39 is 14.6 Å². The molecule has 10 heteroatoms. The van der Waals surface area contributed by atoms with Gasteiger partial charge in [-0.2, -0.15) is 10.1 Å². The van der Waals surface area contributed by atoms with Crippen LogP contribution in [0, 0.1) is 6.92 Å². The second-order valence-electron chi connectivity index (χ2n) is 7.40. The number of aromatic nitrogens is 4. The Morgan fingerprint density at radius 2 is 2.07 bits per heavy atom. The van der Waals surface area contributed by atoms with Crippen molar-refractivity contribution in [2.75, 3.05) is 36.2 Å². The van der Waals surface area contributed by atoms with E-state index in [1.165, 1.54) is 6.26 Å². The van der Waals surface area contributed by atoms with E-state index in [0.717, 1.165) is 5.69 Å². The van der Waals surface area contributed by atoms with Gasteiger partial charge in [-0.3, -0.25) is 5.10 Å². The third-order valence-electron chi connectivity index (χ3n) is 4.86. The molecule has 148 valence electrons. The molecule has 2 aromatic rings. The summed E-state index contributed by atoms with van der Waals surface area (Å²) in [4.78, 5) is 11.2. The number of morpholine rings is 1. The molecule has 0 radical (unpaired) electrons. The molecule has 0 aromatic carbocycles. The van der Waals surface area contributed by atoms with Crippen LogP contribution in [0.25, 0.3) is 0 Å². The Kier molecular flexibility index (Phi) is 5.13. The monoisotopic (exact) mass is 394 g/mol. The molecular formula is C17H26N6O3S. The molecule has 0 bridgehead atoms. The van der Waals surface area contributed by atoms with Crippen LogP contribution in [0.1, 0.15) is 32.2 Å². The average Bonchev–Trinajstić information content (AvgIpc) is 2.98. The quantitative estimate of drug-likeness (QED) is 0.789. The summed E-state index contributed by atoms with van der Waals surface area (Å²) >= 11 is 0. The van der Waals surface area contributed by atoms with E-state index in [0.29, 0.717) is 43.0 Å². The van der Waals surface area contributed by atoms with Gasteiger partial charge in [0.25, 0.3) is 0 Å². The smallest absolute Gasteiger partial charge is 0.230 e. The van der Waals surface area contributed by atoms with Crippen LogP contribution in [-0.4, -0.2) is 60.6 Å². The lowest BCUT2D eigenvalue weighted by atomic mass is 10.1. The number of aryl methyl sites for hydroxylation is 1. The fraction of sp³-hybridized carbons (Fsp3) is 0.588. The van der Waals surface area contributed by atoms with Crippen molar-refractivity contribution in [3.63, 3.8) is 0 Å². The van der Waals surface area contributed by atoms with Crippen LogP contribution >= 0.6 is 0 Å². The molecule has 0 amide bonds. The summed E-state index contributed by atoms with van der Waals surface area (Å²) in [5.41, 5.74) is 1.33. The van der Waals surface area contributed by atoms with E-state index in [2.05, 4.69) is 30.4 Å². The fourth-order valence-corrected chi connectivity index (χ4v) is 3.28. The maximum Gasteiger partial charge on any atom is 0.230 e. The van der Waals surface area contributed by atoms with Crippen molar-refractivity contribution >= 4 is 27.4 Å². The van der Waals surface area contributed by atoms with Gasteiger partial charge in [-0.1, -0.05) is 0 Å². The molecule has 0 spiro atoms. The average molecular weight is 395 g/mol. The first kappa shape index (κ1) is 19.6. The van der Waals surface area contributed by atoms with Crippen LogP contribution in [-0.2, 0) is 19.3 Å². The Morgan fingerprint density at radius 1 is 1.33 bits per heavy atom. The maximum atomic E-state index is 12.3. The maximum absolute atomic E-state index is 12.3. The molecule has 3 heterocycles. The van der Waals surface area contributed by atoms with Gasteiger partial charge in [-0.25, -0.2) is 13.4 Å². The molecule has 1 atom stereocenters. The molecule has 1 fully saturated rings. The lowest BCUT2D eigenvalue weighted by molar-refractivity contribution is 0.0985. The highest BCUT2D eigenvalue weighted by Gasteiger charge is 2.35. The standard InChI is InChI=1S/C17H26N6O3S/c1-11-8-14(22-21-11)19-16-18-13(17(3,4)27(5,24)25)9-15(20-16)23-6-7-26-10-12(23)2/h8-9,12H,6-7,10H2,1-5H3,(H2,18,19,20,21,22)/t12-/m1/s1. The number of sulfone groups is 1. The van der Waals surface area contributed by atoms with Gasteiger partial charge >= 0.3 is 0 Å². The highest BCUT2D eigenvalue weighted by molar-refractivity contribution is 7.91. The van der Waals surface area contributed by atoms with E-state index >= 15 is 0 Å². The lowest BCUT2D eigenvalue weighted by Gasteiger charge is -2.35. The van der Waals surface area contributed by atoms with E-state index in [-0.39, 0.29) is 6.04 Å². The first-order chi connectivity index (χ1) is 12.6. The van der Waals surface area contributed by atoms with Gasteiger partial charge in [0.2, 0.25) is 5.95 Å². The van der Waals surface area contributed by atoms with Crippen molar-refractivity contribution in [1.29, 1.82) is 0 Å². The van der Waals surface area contributed by atoms with Gasteiger partial charge < -0.3 is 15.0 Å². The number of aromatic amines is 1. The summed E-state index contributed by atoms with van der Waals surface area (Å²) in [6.45, 7) is 9.11. The first-order valence-electron chi connectivity index (χ1n) is 8.80. The predicted octanol–water partition coefficient (Wildman–Crippen LogP) is 1.76. The molecule has 0 saturated carbocycles. The molecule has 0 aliphatic carbocycles. The Balaban J connectivity index is 2.07. The Hall–Kier alpha value is -2.20. The van der Waals surface area contributed by atoms with E-state index in [9.17, 15) is 8.42 Å². The van der Waals surface area contributed by atoms with Crippen molar-refractivity contribution in [2.24, 2.45) is 0 Å². The van der Waals surface area contributed by atoms with Gasteiger partial charge in [-0.15, -0.1) is 0 Å². The van der Waals surface area contributed by atoms with Crippen molar-refractivity contribution in [2.45, 2.75) is 38.5 Å². The zero-order chi connectivity index (χ0) is 19.8. The van der Waals surface area contributed by atoms with E-state index in [1.807, 2.05) is 19.9 Å². The van der Waals surface area contributed by atoms with Crippen LogP contribution < -0.4 is 10.2 Å².